The molecule has 1 saturated carbocycles. The lowest BCUT2D eigenvalue weighted by Gasteiger charge is -2.29. The van der Waals surface area contributed by atoms with Crippen molar-refractivity contribution in [3.63, 3.8) is 0 Å². The Morgan fingerprint density at radius 3 is 2.85 bits per heavy atom. The Kier molecular flexibility index (Phi) is 9.58. The molecule has 1 aromatic heterocycles. The van der Waals surface area contributed by atoms with E-state index in [-0.39, 0.29) is 17.4 Å². The van der Waals surface area contributed by atoms with Gasteiger partial charge < -0.3 is 10.1 Å². The molecular formula is C23H31ClN4O4S. The SMILES string of the molecule is CCOCCCn1c(SCC(=O)NC(=O)NC2CCCCC2C)nc2cc(Cl)ccc2c1=O. The molecule has 33 heavy (non-hydrogen) atoms. The number of thioether (sulfide) groups is 1. The van der Waals surface area contributed by atoms with E-state index in [4.69, 9.17) is 16.3 Å². The number of fused-ring (bicyclic) bond motifs is 1. The number of rotatable bonds is 9. The average molecular weight is 495 g/mol. The van der Waals surface area contributed by atoms with Gasteiger partial charge in [-0.2, -0.15) is 0 Å². The molecule has 1 aromatic carbocycles. The summed E-state index contributed by atoms with van der Waals surface area (Å²) in [6.07, 6.45) is 4.89. The van der Waals surface area contributed by atoms with Gasteiger partial charge >= 0.3 is 6.03 Å². The number of nitrogens with zero attached hydrogens (tertiary/aromatic N) is 2. The zero-order chi connectivity index (χ0) is 23.8. The Morgan fingerprint density at radius 1 is 1.30 bits per heavy atom. The molecule has 2 aromatic rings. The van der Waals surface area contributed by atoms with Crippen LogP contribution in [-0.2, 0) is 16.1 Å². The molecule has 0 aliphatic heterocycles. The van der Waals surface area contributed by atoms with E-state index in [1.807, 2.05) is 6.92 Å². The Hall–Kier alpha value is -2.10. The van der Waals surface area contributed by atoms with Crippen LogP contribution >= 0.6 is 23.4 Å². The molecule has 3 rings (SSSR count). The molecule has 2 atom stereocenters. The number of nitrogens with one attached hydrogen (secondary N) is 2. The number of hydrogen-bond acceptors (Lipinski definition) is 6. The van der Waals surface area contributed by atoms with Crippen LogP contribution in [0.25, 0.3) is 10.9 Å². The molecule has 2 N–H and O–H groups in total. The van der Waals surface area contributed by atoms with Crippen LogP contribution in [0.3, 0.4) is 0 Å². The largest absolute Gasteiger partial charge is 0.382 e. The normalized spacial score (nSPS) is 18.3. The van der Waals surface area contributed by atoms with Crippen LogP contribution in [0.5, 0.6) is 0 Å². The monoisotopic (exact) mass is 494 g/mol. The molecule has 3 amide bonds. The first-order valence-electron chi connectivity index (χ1n) is 11.4. The van der Waals surface area contributed by atoms with E-state index in [2.05, 4.69) is 22.5 Å². The zero-order valence-electron chi connectivity index (χ0n) is 19.1. The van der Waals surface area contributed by atoms with E-state index in [0.717, 1.165) is 31.0 Å². The van der Waals surface area contributed by atoms with Crippen molar-refractivity contribution in [2.75, 3.05) is 19.0 Å². The van der Waals surface area contributed by atoms with Crippen molar-refractivity contribution < 1.29 is 14.3 Å². The van der Waals surface area contributed by atoms with Gasteiger partial charge in [0.05, 0.1) is 16.7 Å². The van der Waals surface area contributed by atoms with Crippen LogP contribution in [0.1, 0.15) is 46.0 Å². The van der Waals surface area contributed by atoms with Gasteiger partial charge in [-0.3, -0.25) is 19.5 Å². The third-order valence-electron chi connectivity index (χ3n) is 5.77. The molecule has 8 nitrogen and oxygen atoms in total. The van der Waals surface area contributed by atoms with Gasteiger partial charge in [0.2, 0.25) is 5.91 Å². The van der Waals surface area contributed by atoms with Crippen molar-refractivity contribution in [3.05, 3.63) is 33.6 Å². The maximum atomic E-state index is 13.1. The topological polar surface area (TPSA) is 102 Å². The third kappa shape index (κ3) is 7.19. The molecule has 1 heterocycles. The molecule has 0 saturated heterocycles. The molecule has 1 fully saturated rings. The Balaban J connectivity index is 1.67. The summed E-state index contributed by atoms with van der Waals surface area (Å²) in [7, 11) is 0. The molecule has 2 unspecified atom stereocenters. The van der Waals surface area contributed by atoms with Crippen molar-refractivity contribution >= 4 is 46.2 Å². The number of hydrogen-bond donors (Lipinski definition) is 2. The maximum Gasteiger partial charge on any atom is 0.321 e. The molecule has 0 spiro atoms. The fraction of sp³-hybridized carbons (Fsp3) is 0.565. The lowest BCUT2D eigenvalue weighted by atomic mass is 9.86. The second-order valence-corrected chi connectivity index (χ2v) is 9.62. The van der Waals surface area contributed by atoms with Crippen molar-refractivity contribution in [3.8, 4) is 0 Å². The highest BCUT2D eigenvalue weighted by atomic mass is 35.5. The van der Waals surface area contributed by atoms with Crippen LogP contribution < -0.4 is 16.2 Å². The Bertz CT molecular complexity index is 1050. The average Bonchev–Trinajstić information content (AvgIpc) is 2.78. The smallest absolute Gasteiger partial charge is 0.321 e. The second kappa shape index (κ2) is 12.4. The van der Waals surface area contributed by atoms with Gasteiger partial charge in [-0.25, -0.2) is 9.78 Å². The summed E-state index contributed by atoms with van der Waals surface area (Å²) in [5, 5.41) is 6.65. The highest BCUT2D eigenvalue weighted by Gasteiger charge is 2.23. The number of imide groups is 1. The zero-order valence-corrected chi connectivity index (χ0v) is 20.6. The first kappa shape index (κ1) is 25.5. The van der Waals surface area contributed by atoms with Gasteiger partial charge in [-0.1, -0.05) is 43.1 Å². The highest BCUT2D eigenvalue weighted by Crippen LogP contribution is 2.24. The Morgan fingerprint density at radius 2 is 2.09 bits per heavy atom. The standard InChI is InChI=1S/C23H31ClN4O4S/c1-3-32-12-6-11-28-21(30)17-10-9-16(24)13-19(17)26-23(28)33-14-20(29)27-22(31)25-18-8-5-4-7-15(18)2/h9-10,13,15,18H,3-8,11-12,14H2,1-2H3,(H2,25,27,29,31). The first-order chi connectivity index (χ1) is 15.9. The minimum atomic E-state index is -0.480. The summed E-state index contributed by atoms with van der Waals surface area (Å²) < 4.78 is 6.93. The molecule has 0 radical (unpaired) electrons. The maximum absolute atomic E-state index is 13.1. The molecule has 10 heteroatoms. The van der Waals surface area contributed by atoms with Crippen molar-refractivity contribution in [2.45, 2.75) is 63.7 Å². The van der Waals surface area contributed by atoms with E-state index < -0.39 is 11.9 Å². The van der Waals surface area contributed by atoms with Crippen LogP contribution in [-0.4, -0.2) is 46.5 Å². The van der Waals surface area contributed by atoms with Crippen molar-refractivity contribution in [1.29, 1.82) is 0 Å². The minimum absolute atomic E-state index is 0.0440. The summed E-state index contributed by atoms with van der Waals surface area (Å²) in [6.45, 7) is 5.57. The van der Waals surface area contributed by atoms with Crippen molar-refractivity contribution in [1.82, 2.24) is 20.2 Å². The number of ether oxygens (including phenoxy) is 1. The van der Waals surface area contributed by atoms with E-state index in [1.165, 1.54) is 6.42 Å². The Labute approximate surface area is 202 Å². The fourth-order valence-electron chi connectivity index (χ4n) is 3.98. The first-order valence-corrected chi connectivity index (χ1v) is 12.8. The molecule has 1 aliphatic carbocycles. The minimum Gasteiger partial charge on any atom is -0.382 e. The number of halogens is 1. The van der Waals surface area contributed by atoms with Crippen LogP contribution in [0.15, 0.2) is 28.2 Å². The number of carbonyl (C=O) groups is 2. The molecule has 1 aliphatic rings. The summed E-state index contributed by atoms with van der Waals surface area (Å²) >= 11 is 7.19. The predicted octanol–water partition coefficient (Wildman–Crippen LogP) is 3.97. The summed E-state index contributed by atoms with van der Waals surface area (Å²) in [5.41, 5.74) is 0.278. The molecule has 180 valence electrons. The number of aromatic nitrogens is 2. The van der Waals surface area contributed by atoms with E-state index in [1.54, 1.807) is 22.8 Å². The number of carbonyl (C=O) groups excluding carboxylic acids is 2. The summed E-state index contributed by atoms with van der Waals surface area (Å²) in [6, 6.07) is 4.55. The number of benzene rings is 1. The van der Waals surface area contributed by atoms with Gasteiger partial charge in [0, 0.05) is 30.8 Å². The predicted molar refractivity (Wildman–Crippen MR) is 131 cm³/mol. The number of urea groups is 1. The fourth-order valence-corrected chi connectivity index (χ4v) is 4.97. The van der Waals surface area contributed by atoms with Gasteiger partial charge in [0.25, 0.3) is 5.56 Å². The van der Waals surface area contributed by atoms with Gasteiger partial charge in [0.15, 0.2) is 5.16 Å². The lowest BCUT2D eigenvalue weighted by Crippen LogP contribution is -2.48. The van der Waals surface area contributed by atoms with Gasteiger partial charge in [-0.05, 0) is 50.3 Å². The second-order valence-electron chi connectivity index (χ2n) is 8.24. The molecular weight excluding hydrogens is 464 g/mol. The quantitative estimate of drug-likeness (QED) is 0.310. The van der Waals surface area contributed by atoms with E-state index in [9.17, 15) is 14.4 Å². The van der Waals surface area contributed by atoms with Gasteiger partial charge in [-0.15, -0.1) is 0 Å². The highest BCUT2D eigenvalue weighted by molar-refractivity contribution is 7.99. The summed E-state index contributed by atoms with van der Waals surface area (Å²) in [5.74, 6) is -0.0894. The van der Waals surface area contributed by atoms with E-state index >= 15 is 0 Å². The van der Waals surface area contributed by atoms with Crippen LogP contribution in [0.2, 0.25) is 5.02 Å². The van der Waals surface area contributed by atoms with E-state index in [0.29, 0.717) is 53.2 Å². The van der Waals surface area contributed by atoms with Gasteiger partial charge in [0.1, 0.15) is 0 Å². The van der Waals surface area contributed by atoms with Crippen LogP contribution in [0, 0.1) is 5.92 Å². The van der Waals surface area contributed by atoms with Crippen molar-refractivity contribution in [2.24, 2.45) is 5.92 Å². The van der Waals surface area contributed by atoms with Crippen LogP contribution in [0.4, 0.5) is 4.79 Å². The summed E-state index contributed by atoms with van der Waals surface area (Å²) in [4.78, 5) is 42.3. The number of amides is 3. The molecule has 0 bridgehead atoms. The lowest BCUT2D eigenvalue weighted by molar-refractivity contribution is -0.117. The third-order valence-corrected chi connectivity index (χ3v) is 6.98.